The van der Waals surface area contributed by atoms with Gasteiger partial charge in [-0.1, -0.05) is 47.6 Å². The average Bonchev–Trinajstić information content (AvgIpc) is 3.17. The molecule has 6 nitrogen and oxygen atoms in total. The van der Waals surface area contributed by atoms with Gasteiger partial charge in [0, 0.05) is 6.42 Å². The van der Waals surface area contributed by atoms with Gasteiger partial charge in [0.1, 0.15) is 12.7 Å². The predicted molar refractivity (Wildman–Crippen MR) is 91.8 cm³/mol. The molecule has 2 aliphatic rings. The number of hydrogen-bond donors (Lipinski definition) is 1. The number of rotatable bonds is 4. The van der Waals surface area contributed by atoms with Crippen molar-refractivity contribution >= 4 is 11.6 Å². The Morgan fingerprint density at radius 3 is 2.68 bits per heavy atom. The van der Waals surface area contributed by atoms with E-state index >= 15 is 0 Å². The standard InChI is InChI=1S/C19H18N2O4/c22-19(18-10-15(21-25-18)13-6-2-1-3-7-13)20-11-14-12-23-16-8-4-5-9-17(16)24-14/h1-9,14,18H,10-12H2,(H,20,22)/t14-,18-/m1/s1. The van der Waals surface area contributed by atoms with Gasteiger partial charge in [-0.15, -0.1) is 0 Å². The Morgan fingerprint density at radius 1 is 1.08 bits per heavy atom. The number of ether oxygens (including phenoxy) is 2. The molecule has 128 valence electrons. The van der Waals surface area contributed by atoms with E-state index in [1.807, 2.05) is 54.6 Å². The Hall–Kier alpha value is -3.02. The third-order valence-electron chi connectivity index (χ3n) is 4.14. The number of amides is 1. The molecular formula is C19H18N2O4. The van der Waals surface area contributed by atoms with Crippen LogP contribution >= 0.6 is 0 Å². The van der Waals surface area contributed by atoms with E-state index in [2.05, 4.69) is 10.5 Å². The Kier molecular flexibility index (Phi) is 4.24. The summed E-state index contributed by atoms with van der Waals surface area (Å²) in [6.07, 6.45) is -0.373. The Labute approximate surface area is 145 Å². The lowest BCUT2D eigenvalue weighted by Crippen LogP contribution is -2.44. The van der Waals surface area contributed by atoms with Crippen LogP contribution in [0.3, 0.4) is 0 Å². The molecule has 0 spiro atoms. The van der Waals surface area contributed by atoms with Crippen LogP contribution in [0.5, 0.6) is 11.5 Å². The molecule has 6 heteroatoms. The van der Waals surface area contributed by atoms with Crippen molar-refractivity contribution in [1.29, 1.82) is 0 Å². The monoisotopic (exact) mass is 338 g/mol. The number of para-hydroxylation sites is 2. The molecule has 1 amide bonds. The van der Waals surface area contributed by atoms with Gasteiger partial charge >= 0.3 is 0 Å². The second kappa shape index (κ2) is 6.84. The van der Waals surface area contributed by atoms with Crippen LogP contribution in [0.1, 0.15) is 12.0 Å². The summed E-state index contributed by atoms with van der Waals surface area (Å²) in [6.45, 7) is 0.752. The summed E-state index contributed by atoms with van der Waals surface area (Å²) < 4.78 is 11.5. The quantitative estimate of drug-likeness (QED) is 0.927. The molecule has 0 radical (unpaired) electrons. The number of benzene rings is 2. The van der Waals surface area contributed by atoms with Gasteiger partial charge in [-0.3, -0.25) is 4.79 Å². The van der Waals surface area contributed by atoms with Crippen LogP contribution in [0.2, 0.25) is 0 Å². The van der Waals surface area contributed by atoms with Gasteiger partial charge < -0.3 is 19.6 Å². The minimum Gasteiger partial charge on any atom is -0.486 e. The third-order valence-corrected chi connectivity index (χ3v) is 4.14. The fourth-order valence-electron chi connectivity index (χ4n) is 2.81. The summed E-state index contributed by atoms with van der Waals surface area (Å²) >= 11 is 0. The van der Waals surface area contributed by atoms with E-state index in [9.17, 15) is 4.79 Å². The zero-order valence-electron chi connectivity index (χ0n) is 13.6. The fourth-order valence-corrected chi connectivity index (χ4v) is 2.81. The zero-order valence-corrected chi connectivity index (χ0v) is 13.6. The highest BCUT2D eigenvalue weighted by atomic mass is 16.6. The van der Waals surface area contributed by atoms with Gasteiger partial charge in [0.15, 0.2) is 11.5 Å². The first kappa shape index (κ1) is 15.5. The van der Waals surface area contributed by atoms with Crippen molar-refractivity contribution in [2.75, 3.05) is 13.2 Å². The predicted octanol–water partition coefficient (Wildman–Crippen LogP) is 2.14. The molecule has 0 aliphatic carbocycles. The molecule has 0 aromatic heterocycles. The molecule has 2 heterocycles. The summed E-state index contributed by atoms with van der Waals surface area (Å²) in [7, 11) is 0. The first-order chi connectivity index (χ1) is 12.3. The summed E-state index contributed by atoms with van der Waals surface area (Å²) in [4.78, 5) is 17.6. The minimum atomic E-state index is -0.605. The van der Waals surface area contributed by atoms with Crippen molar-refractivity contribution in [2.24, 2.45) is 5.16 Å². The molecule has 0 saturated heterocycles. The number of fused-ring (bicyclic) bond motifs is 1. The molecule has 1 N–H and O–H groups in total. The van der Waals surface area contributed by atoms with Crippen molar-refractivity contribution < 1.29 is 19.1 Å². The van der Waals surface area contributed by atoms with Crippen molar-refractivity contribution in [3.8, 4) is 11.5 Å². The Bertz CT molecular complexity index is 791. The van der Waals surface area contributed by atoms with E-state index in [0.29, 0.717) is 25.3 Å². The highest BCUT2D eigenvalue weighted by Crippen LogP contribution is 2.30. The lowest BCUT2D eigenvalue weighted by Gasteiger charge is -2.26. The SMILES string of the molecule is O=C(NC[C@@H]1COc2ccccc2O1)[C@H]1CC(c2ccccc2)=NO1. The topological polar surface area (TPSA) is 69.2 Å². The van der Waals surface area contributed by atoms with E-state index in [4.69, 9.17) is 14.3 Å². The largest absolute Gasteiger partial charge is 0.486 e. The Balaban J connectivity index is 1.28. The van der Waals surface area contributed by atoms with Crippen LogP contribution in [-0.4, -0.2) is 37.0 Å². The maximum absolute atomic E-state index is 12.3. The van der Waals surface area contributed by atoms with Crippen LogP contribution in [0.25, 0.3) is 0 Å². The van der Waals surface area contributed by atoms with Gasteiger partial charge in [-0.2, -0.15) is 0 Å². The summed E-state index contributed by atoms with van der Waals surface area (Å²) in [5.41, 5.74) is 1.75. The maximum Gasteiger partial charge on any atom is 0.264 e. The zero-order chi connectivity index (χ0) is 17.1. The van der Waals surface area contributed by atoms with Crippen molar-refractivity contribution in [3.05, 3.63) is 60.2 Å². The van der Waals surface area contributed by atoms with Gasteiger partial charge in [-0.05, 0) is 17.7 Å². The molecular weight excluding hydrogens is 320 g/mol. The number of carbonyl (C=O) groups is 1. The molecule has 2 aromatic rings. The first-order valence-corrected chi connectivity index (χ1v) is 8.24. The molecule has 2 aromatic carbocycles. The highest BCUT2D eigenvalue weighted by molar-refractivity contribution is 6.04. The first-order valence-electron chi connectivity index (χ1n) is 8.24. The second-order valence-electron chi connectivity index (χ2n) is 5.94. The summed E-state index contributed by atoms with van der Waals surface area (Å²) in [6, 6.07) is 17.2. The van der Waals surface area contributed by atoms with Crippen LogP contribution in [0.4, 0.5) is 0 Å². The lowest BCUT2D eigenvalue weighted by molar-refractivity contribution is -0.131. The smallest absolute Gasteiger partial charge is 0.264 e. The molecule has 4 rings (SSSR count). The van der Waals surface area contributed by atoms with Gasteiger partial charge in [0.05, 0.1) is 12.3 Å². The third kappa shape index (κ3) is 3.42. The molecule has 0 unspecified atom stereocenters. The number of nitrogens with zero attached hydrogens (tertiary/aromatic N) is 1. The van der Waals surface area contributed by atoms with Gasteiger partial charge in [0.2, 0.25) is 6.10 Å². The van der Waals surface area contributed by atoms with Crippen LogP contribution < -0.4 is 14.8 Å². The normalized spacial score (nSPS) is 21.2. The maximum atomic E-state index is 12.3. The summed E-state index contributed by atoms with van der Waals surface area (Å²) in [5.74, 6) is 1.22. The van der Waals surface area contributed by atoms with E-state index < -0.39 is 6.10 Å². The Morgan fingerprint density at radius 2 is 1.84 bits per heavy atom. The van der Waals surface area contributed by atoms with Crippen molar-refractivity contribution in [1.82, 2.24) is 5.32 Å². The molecule has 0 bridgehead atoms. The number of carbonyl (C=O) groups excluding carboxylic acids is 1. The van der Waals surface area contributed by atoms with Crippen molar-refractivity contribution in [2.45, 2.75) is 18.6 Å². The highest BCUT2D eigenvalue weighted by Gasteiger charge is 2.30. The molecule has 25 heavy (non-hydrogen) atoms. The van der Waals surface area contributed by atoms with Crippen LogP contribution in [0, 0.1) is 0 Å². The van der Waals surface area contributed by atoms with Crippen LogP contribution in [-0.2, 0) is 9.63 Å². The minimum absolute atomic E-state index is 0.197. The number of hydrogen-bond acceptors (Lipinski definition) is 5. The van der Waals surface area contributed by atoms with Crippen LogP contribution in [0.15, 0.2) is 59.8 Å². The van der Waals surface area contributed by atoms with E-state index in [1.165, 1.54) is 0 Å². The molecule has 0 fully saturated rings. The molecule has 0 saturated carbocycles. The van der Waals surface area contributed by atoms with E-state index in [1.54, 1.807) is 0 Å². The number of nitrogens with one attached hydrogen (secondary N) is 1. The molecule has 2 aliphatic heterocycles. The van der Waals surface area contributed by atoms with E-state index in [-0.39, 0.29) is 12.0 Å². The average molecular weight is 338 g/mol. The van der Waals surface area contributed by atoms with E-state index in [0.717, 1.165) is 17.0 Å². The van der Waals surface area contributed by atoms with Gasteiger partial charge in [0.25, 0.3) is 5.91 Å². The second-order valence-corrected chi connectivity index (χ2v) is 5.94. The fraction of sp³-hybridized carbons (Fsp3) is 0.263. The lowest BCUT2D eigenvalue weighted by atomic mass is 10.0. The summed E-state index contributed by atoms with van der Waals surface area (Å²) in [5, 5.41) is 6.89. The van der Waals surface area contributed by atoms with Gasteiger partial charge in [-0.25, -0.2) is 0 Å². The molecule has 2 atom stereocenters. The van der Waals surface area contributed by atoms with Crippen molar-refractivity contribution in [3.63, 3.8) is 0 Å². The number of oxime groups is 1.